The van der Waals surface area contributed by atoms with Crippen LogP contribution in [0.4, 0.5) is 26.3 Å². The van der Waals surface area contributed by atoms with Crippen LogP contribution in [0.2, 0.25) is 5.02 Å². The van der Waals surface area contributed by atoms with E-state index in [1.54, 1.807) is 13.0 Å². The molecule has 0 saturated heterocycles. The first kappa shape index (κ1) is 28.1. The number of carboxylic acids is 1. The van der Waals surface area contributed by atoms with Crippen LogP contribution < -0.4 is 4.74 Å². The van der Waals surface area contributed by atoms with Gasteiger partial charge in [0, 0.05) is 18.6 Å². The van der Waals surface area contributed by atoms with Crippen LogP contribution >= 0.6 is 11.6 Å². The zero-order valence-corrected chi connectivity index (χ0v) is 18.9. The maximum absolute atomic E-state index is 12.9. The van der Waals surface area contributed by atoms with E-state index < -0.39 is 41.1 Å². The highest BCUT2D eigenvalue weighted by Gasteiger charge is 2.36. The zero-order chi connectivity index (χ0) is 26.2. The molecule has 0 aliphatic carbocycles. The molecule has 0 amide bonds. The number of rotatable bonds is 8. The average Bonchev–Trinajstić information content (AvgIpc) is 2.75. The smallest absolute Gasteiger partial charge is 0.416 e. The summed E-state index contributed by atoms with van der Waals surface area (Å²) in [6.45, 7) is 1.87. The lowest BCUT2D eigenvalue weighted by atomic mass is 10.0. The first-order valence-electron chi connectivity index (χ1n) is 10.0. The van der Waals surface area contributed by atoms with E-state index in [0.29, 0.717) is 17.7 Å². The minimum absolute atomic E-state index is 0.0303. The summed E-state index contributed by atoms with van der Waals surface area (Å²) in [5.74, 6) is 3.79. The van der Waals surface area contributed by atoms with Gasteiger partial charge in [0.2, 0.25) is 0 Å². The van der Waals surface area contributed by atoms with Crippen LogP contribution in [-0.4, -0.2) is 30.4 Å². The lowest BCUT2D eigenvalue weighted by Gasteiger charge is -2.13. The number of ether oxygens (including phenoxy) is 2. The monoisotopic (exact) mass is 520 g/mol. The third-order valence-electron chi connectivity index (χ3n) is 4.40. The normalized spacial score (nSPS) is 12.8. The molecule has 2 aromatic rings. The number of halogens is 7. The fraction of sp³-hybridized carbons (Fsp3) is 0.292. The Morgan fingerprint density at radius 1 is 1.09 bits per heavy atom. The summed E-state index contributed by atoms with van der Waals surface area (Å²) in [7, 11) is 0. The van der Waals surface area contributed by atoms with Gasteiger partial charge in [0.1, 0.15) is 12.4 Å². The van der Waals surface area contributed by atoms with Gasteiger partial charge >= 0.3 is 18.3 Å². The van der Waals surface area contributed by atoms with Gasteiger partial charge < -0.3 is 14.6 Å². The van der Waals surface area contributed by atoms with Crippen LogP contribution in [-0.2, 0) is 28.3 Å². The van der Waals surface area contributed by atoms with Crippen LogP contribution in [0.5, 0.6) is 5.75 Å². The molecule has 0 radical (unpaired) electrons. The van der Waals surface area contributed by atoms with E-state index in [1.165, 1.54) is 24.3 Å². The van der Waals surface area contributed by atoms with Gasteiger partial charge in [-0.2, -0.15) is 26.3 Å². The van der Waals surface area contributed by atoms with Crippen molar-refractivity contribution in [1.82, 2.24) is 0 Å². The molecule has 35 heavy (non-hydrogen) atoms. The Morgan fingerprint density at radius 3 is 2.23 bits per heavy atom. The van der Waals surface area contributed by atoms with Crippen molar-refractivity contribution in [2.75, 3.05) is 13.2 Å². The highest BCUT2D eigenvalue weighted by atomic mass is 35.5. The van der Waals surface area contributed by atoms with E-state index in [1.807, 2.05) is 0 Å². The fourth-order valence-electron chi connectivity index (χ4n) is 2.82. The van der Waals surface area contributed by atoms with E-state index in [-0.39, 0.29) is 36.5 Å². The van der Waals surface area contributed by atoms with Crippen molar-refractivity contribution >= 4 is 17.6 Å². The second-order valence-corrected chi connectivity index (χ2v) is 7.44. The van der Waals surface area contributed by atoms with Crippen LogP contribution in [0.1, 0.15) is 29.2 Å². The van der Waals surface area contributed by atoms with Gasteiger partial charge in [-0.25, -0.2) is 4.79 Å². The largest absolute Gasteiger partial charge is 0.488 e. The SMILES string of the molecule is CCO[C@@H](Cc1ccc(OCC=CC#Cc2cc(C(F)(F)F)cc(C(F)(F)F)c2)c(Cl)c1)C(=O)O. The van der Waals surface area contributed by atoms with Crippen molar-refractivity contribution in [2.45, 2.75) is 31.8 Å². The van der Waals surface area contributed by atoms with E-state index in [4.69, 9.17) is 26.2 Å². The van der Waals surface area contributed by atoms with Crippen molar-refractivity contribution in [3.8, 4) is 17.6 Å². The minimum Gasteiger partial charge on any atom is -0.488 e. The molecule has 0 bridgehead atoms. The molecule has 1 N–H and O–H groups in total. The predicted octanol–water partition coefficient (Wildman–Crippen LogP) is 6.40. The number of allylic oxidation sites excluding steroid dienone is 1. The second-order valence-electron chi connectivity index (χ2n) is 7.03. The van der Waals surface area contributed by atoms with Gasteiger partial charge in [-0.05, 0) is 55.0 Å². The van der Waals surface area contributed by atoms with Crippen LogP contribution in [0, 0.1) is 11.8 Å². The zero-order valence-electron chi connectivity index (χ0n) is 18.1. The Bertz CT molecular complexity index is 1100. The number of benzene rings is 2. The van der Waals surface area contributed by atoms with Crippen molar-refractivity contribution in [3.63, 3.8) is 0 Å². The Kier molecular flexibility index (Phi) is 9.63. The summed E-state index contributed by atoms with van der Waals surface area (Å²) < 4.78 is 87.9. The lowest BCUT2D eigenvalue weighted by Crippen LogP contribution is -2.26. The number of hydrogen-bond acceptors (Lipinski definition) is 3. The molecule has 0 heterocycles. The summed E-state index contributed by atoms with van der Waals surface area (Å²) in [6.07, 6.45) is -8.21. The highest BCUT2D eigenvalue weighted by molar-refractivity contribution is 6.32. The molecule has 0 unspecified atom stereocenters. The predicted molar refractivity (Wildman–Crippen MR) is 116 cm³/mol. The highest BCUT2D eigenvalue weighted by Crippen LogP contribution is 2.36. The molecule has 1 atom stereocenters. The summed E-state index contributed by atoms with van der Waals surface area (Å²) in [4.78, 5) is 11.2. The van der Waals surface area contributed by atoms with Gasteiger partial charge in [-0.1, -0.05) is 29.5 Å². The molecule has 0 aromatic heterocycles. The molecular weight excluding hydrogens is 502 g/mol. The van der Waals surface area contributed by atoms with Crippen molar-refractivity contribution in [3.05, 3.63) is 75.8 Å². The van der Waals surface area contributed by atoms with Gasteiger partial charge in [-0.3, -0.25) is 0 Å². The van der Waals surface area contributed by atoms with Crippen molar-refractivity contribution in [1.29, 1.82) is 0 Å². The van der Waals surface area contributed by atoms with Crippen LogP contribution in [0.3, 0.4) is 0 Å². The van der Waals surface area contributed by atoms with Crippen molar-refractivity contribution in [2.24, 2.45) is 0 Å². The van der Waals surface area contributed by atoms with Gasteiger partial charge in [0.25, 0.3) is 0 Å². The number of carbonyl (C=O) groups is 1. The minimum atomic E-state index is -4.95. The van der Waals surface area contributed by atoms with E-state index in [0.717, 1.165) is 0 Å². The summed E-state index contributed by atoms with van der Waals surface area (Å²) in [6, 6.07) is 5.78. The number of carboxylic acid groups (broad SMARTS) is 1. The maximum Gasteiger partial charge on any atom is 0.416 e. The first-order valence-corrected chi connectivity index (χ1v) is 10.4. The molecule has 0 spiro atoms. The van der Waals surface area contributed by atoms with E-state index >= 15 is 0 Å². The van der Waals surface area contributed by atoms with E-state index in [2.05, 4.69) is 11.8 Å². The maximum atomic E-state index is 12.9. The molecule has 188 valence electrons. The molecule has 0 aliphatic rings. The lowest BCUT2D eigenvalue weighted by molar-refractivity contribution is -0.150. The fourth-order valence-corrected chi connectivity index (χ4v) is 3.08. The standard InChI is InChI=1S/C24H19ClF6O4/c1-2-34-21(22(32)33)13-16-7-8-20(19(25)12-16)35-9-5-3-4-6-15-10-17(23(26,27)28)14-18(11-15)24(29,30)31/h3,5,7-8,10-12,14,21H,2,9,13H2,1H3,(H,32,33)/t21-/m0/s1. The van der Waals surface area contributed by atoms with Gasteiger partial charge in [-0.15, -0.1) is 0 Å². The molecule has 0 aliphatic heterocycles. The third kappa shape index (κ3) is 8.85. The third-order valence-corrected chi connectivity index (χ3v) is 4.70. The summed E-state index contributed by atoms with van der Waals surface area (Å²) in [5.41, 5.74) is -2.72. The topological polar surface area (TPSA) is 55.8 Å². The number of aliphatic carboxylic acids is 1. The quantitative estimate of drug-likeness (QED) is 0.323. The molecule has 2 aromatic carbocycles. The number of alkyl halides is 6. The Morgan fingerprint density at radius 2 is 1.71 bits per heavy atom. The van der Waals surface area contributed by atoms with Crippen LogP contribution in [0.25, 0.3) is 0 Å². The second kappa shape index (κ2) is 12.0. The Hall–Kier alpha value is -3.16. The summed E-state index contributed by atoms with van der Waals surface area (Å²) in [5, 5.41) is 9.36. The Balaban J connectivity index is 2.03. The number of hydrogen-bond donors (Lipinski definition) is 1. The Labute approximate surface area is 202 Å². The molecule has 11 heteroatoms. The van der Waals surface area contributed by atoms with Crippen LogP contribution in [0.15, 0.2) is 48.6 Å². The van der Waals surface area contributed by atoms with Gasteiger partial charge in [0.05, 0.1) is 16.1 Å². The molecule has 0 saturated carbocycles. The van der Waals surface area contributed by atoms with Crippen molar-refractivity contribution < 1.29 is 45.7 Å². The van der Waals surface area contributed by atoms with E-state index in [9.17, 15) is 31.1 Å². The first-order chi connectivity index (χ1) is 16.3. The summed E-state index contributed by atoms with van der Waals surface area (Å²) >= 11 is 6.14. The molecule has 0 fully saturated rings. The molecular formula is C24H19ClF6O4. The van der Waals surface area contributed by atoms with Gasteiger partial charge in [0.15, 0.2) is 6.10 Å². The molecule has 4 nitrogen and oxygen atoms in total. The average molecular weight is 521 g/mol. The molecule has 2 rings (SSSR count).